The minimum atomic E-state index is -0.200. The summed E-state index contributed by atoms with van der Waals surface area (Å²) in [6.07, 6.45) is 3.48. The van der Waals surface area contributed by atoms with E-state index in [1.165, 1.54) is 7.11 Å². The highest BCUT2D eigenvalue weighted by Crippen LogP contribution is 2.28. The van der Waals surface area contributed by atoms with Crippen molar-refractivity contribution in [3.05, 3.63) is 29.8 Å². The molecule has 0 bridgehead atoms. The van der Waals surface area contributed by atoms with Crippen LogP contribution in [0, 0.1) is 0 Å². The summed E-state index contributed by atoms with van der Waals surface area (Å²) in [6, 6.07) is 7.12. The average molecular weight is 266 g/mol. The molecular weight excluding hydrogens is 240 g/mol. The van der Waals surface area contributed by atoms with Crippen LogP contribution in [-0.2, 0) is 9.53 Å². The first kappa shape index (κ1) is 17.5. The van der Waals surface area contributed by atoms with Crippen molar-refractivity contribution < 1.29 is 14.6 Å². The Hall–Kier alpha value is -1.51. The van der Waals surface area contributed by atoms with Gasteiger partial charge in [-0.3, -0.25) is 4.79 Å². The van der Waals surface area contributed by atoms with Crippen molar-refractivity contribution in [2.45, 2.75) is 52.4 Å². The molecule has 3 nitrogen and oxygen atoms in total. The van der Waals surface area contributed by atoms with Crippen LogP contribution in [0.5, 0.6) is 5.75 Å². The lowest BCUT2D eigenvalue weighted by molar-refractivity contribution is -0.141. The van der Waals surface area contributed by atoms with E-state index in [4.69, 9.17) is 4.74 Å². The maximum absolute atomic E-state index is 11.4. The predicted octanol–water partition coefficient (Wildman–Crippen LogP) is 4.26. The molecular formula is C16H26O3. The molecule has 0 aliphatic carbocycles. The number of unbranched alkanes of at least 4 members (excludes halogenated alkanes) is 1. The van der Waals surface area contributed by atoms with Crippen molar-refractivity contribution in [3.8, 4) is 5.75 Å². The van der Waals surface area contributed by atoms with Gasteiger partial charge in [0.25, 0.3) is 0 Å². The number of benzene rings is 1. The van der Waals surface area contributed by atoms with Crippen LogP contribution in [0.1, 0.15) is 57.9 Å². The van der Waals surface area contributed by atoms with E-state index in [0.717, 1.165) is 24.8 Å². The van der Waals surface area contributed by atoms with Gasteiger partial charge >= 0.3 is 5.97 Å². The summed E-state index contributed by atoms with van der Waals surface area (Å²) in [5.74, 6) is 0.179. The van der Waals surface area contributed by atoms with Crippen molar-refractivity contribution in [3.63, 3.8) is 0 Å². The number of rotatable bonds is 6. The van der Waals surface area contributed by atoms with Crippen molar-refractivity contribution in [1.82, 2.24) is 0 Å². The first-order chi connectivity index (χ1) is 9.17. The molecule has 0 saturated carbocycles. The van der Waals surface area contributed by atoms with E-state index in [9.17, 15) is 9.90 Å². The van der Waals surface area contributed by atoms with Crippen LogP contribution in [0.2, 0.25) is 0 Å². The van der Waals surface area contributed by atoms with Crippen molar-refractivity contribution in [2.24, 2.45) is 0 Å². The van der Waals surface area contributed by atoms with Gasteiger partial charge in [-0.15, -0.1) is 0 Å². The summed E-state index contributed by atoms with van der Waals surface area (Å²) >= 11 is 0. The summed E-state index contributed by atoms with van der Waals surface area (Å²) in [5, 5.41) is 9.46. The number of aromatic hydroxyl groups is 1. The zero-order chi connectivity index (χ0) is 14.7. The molecule has 108 valence electrons. The topological polar surface area (TPSA) is 46.5 Å². The standard InChI is InChI=1S/C14H20O3.C2H6/c1-3-4-6-12(10-14(16)17-2)11-7-5-8-13(15)9-11;1-2/h5,7-9,12,15H,3-4,6,10H2,1-2H3;1-2H3. The molecule has 3 heteroatoms. The molecule has 0 amide bonds. The van der Waals surface area contributed by atoms with Crippen LogP contribution in [0.25, 0.3) is 0 Å². The molecule has 1 aromatic rings. The number of ether oxygens (including phenoxy) is 1. The normalized spacial score (nSPS) is 11.2. The van der Waals surface area contributed by atoms with E-state index in [1.807, 2.05) is 19.9 Å². The Kier molecular flexibility index (Phi) is 9.59. The van der Waals surface area contributed by atoms with E-state index in [0.29, 0.717) is 6.42 Å². The lowest BCUT2D eigenvalue weighted by atomic mass is 9.90. The molecule has 0 aliphatic heterocycles. The number of hydrogen-bond acceptors (Lipinski definition) is 3. The Balaban J connectivity index is 0.00000154. The zero-order valence-corrected chi connectivity index (χ0v) is 12.5. The number of phenolic OH excluding ortho intramolecular Hbond substituents is 1. The fraction of sp³-hybridized carbons (Fsp3) is 0.562. The SMILES string of the molecule is CC.CCCCC(CC(=O)OC)c1cccc(O)c1. The Bertz CT molecular complexity index is 361. The monoisotopic (exact) mass is 266 g/mol. The van der Waals surface area contributed by atoms with Gasteiger partial charge in [0.1, 0.15) is 5.75 Å². The predicted molar refractivity (Wildman–Crippen MR) is 78.4 cm³/mol. The highest BCUT2D eigenvalue weighted by Gasteiger charge is 2.16. The van der Waals surface area contributed by atoms with Gasteiger partial charge in [0.2, 0.25) is 0 Å². The zero-order valence-electron chi connectivity index (χ0n) is 12.5. The summed E-state index contributed by atoms with van der Waals surface area (Å²) < 4.78 is 4.71. The number of methoxy groups -OCH3 is 1. The quantitative estimate of drug-likeness (QED) is 0.783. The Morgan fingerprint density at radius 2 is 2.05 bits per heavy atom. The van der Waals surface area contributed by atoms with Crippen LogP contribution in [0.4, 0.5) is 0 Å². The molecule has 0 spiro atoms. The van der Waals surface area contributed by atoms with Gasteiger partial charge < -0.3 is 9.84 Å². The van der Waals surface area contributed by atoms with E-state index in [-0.39, 0.29) is 17.6 Å². The summed E-state index contributed by atoms with van der Waals surface area (Å²) in [7, 11) is 1.40. The minimum Gasteiger partial charge on any atom is -0.508 e. The number of hydrogen-bond donors (Lipinski definition) is 1. The lowest BCUT2D eigenvalue weighted by Gasteiger charge is -2.16. The Labute approximate surface area is 116 Å². The van der Waals surface area contributed by atoms with Crippen LogP contribution in [-0.4, -0.2) is 18.2 Å². The van der Waals surface area contributed by atoms with Crippen LogP contribution in [0.15, 0.2) is 24.3 Å². The Morgan fingerprint density at radius 1 is 1.37 bits per heavy atom. The molecule has 0 aliphatic rings. The van der Waals surface area contributed by atoms with Gasteiger partial charge in [-0.1, -0.05) is 45.7 Å². The van der Waals surface area contributed by atoms with Crippen LogP contribution < -0.4 is 0 Å². The summed E-state index contributed by atoms with van der Waals surface area (Å²) in [5.41, 5.74) is 1.00. The van der Waals surface area contributed by atoms with Gasteiger partial charge in [0.05, 0.1) is 13.5 Å². The maximum atomic E-state index is 11.4. The number of carbonyl (C=O) groups is 1. The van der Waals surface area contributed by atoms with E-state index >= 15 is 0 Å². The highest BCUT2D eigenvalue weighted by molar-refractivity contribution is 5.70. The van der Waals surface area contributed by atoms with Crippen molar-refractivity contribution in [1.29, 1.82) is 0 Å². The fourth-order valence-electron chi connectivity index (χ4n) is 1.90. The first-order valence-corrected chi connectivity index (χ1v) is 7.03. The molecule has 1 atom stereocenters. The molecule has 1 aromatic carbocycles. The number of carbonyl (C=O) groups excluding carboxylic acids is 1. The second kappa shape index (κ2) is 10.4. The van der Waals surface area contributed by atoms with Crippen LogP contribution >= 0.6 is 0 Å². The maximum Gasteiger partial charge on any atom is 0.306 e. The molecule has 0 fully saturated rings. The van der Waals surface area contributed by atoms with Crippen molar-refractivity contribution in [2.75, 3.05) is 7.11 Å². The number of esters is 1. The van der Waals surface area contributed by atoms with Gasteiger partial charge in [0, 0.05) is 0 Å². The second-order valence-corrected chi connectivity index (χ2v) is 4.21. The van der Waals surface area contributed by atoms with Crippen LogP contribution in [0.3, 0.4) is 0 Å². The smallest absolute Gasteiger partial charge is 0.306 e. The largest absolute Gasteiger partial charge is 0.508 e. The lowest BCUT2D eigenvalue weighted by Crippen LogP contribution is -2.08. The Morgan fingerprint density at radius 3 is 2.58 bits per heavy atom. The molecule has 1 rings (SSSR count). The first-order valence-electron chi connectivity index (χ1n) is 7.03. The minimum absolute atomic E-state index is 0.134. The number of phenols is 1. The average Bonchev–Trinajstić information content (AvgIpc) is 2.45. The van der Waals surface area contributed by atoms with E-state index in [2.05, 4.69) is 6.92 Å². The third-order valence-electron chi connectivity index (χ3n) is 2.89. The molecule has 0 heterocycles. The highest BCUT2D eigenvalue weighted by atomic mass is 16.5. The molecule has 0 radical (unpaired) electrons. The molecule has 0 aromatic heterocycles. The third kappa shape index (κ3) is 6.85. The third-order valence-corrected chi connectivity index (χ3v) is 2.89. The van der Waals surface area contributed by atoms with Gasteiger partial charge in [-0.05, 0) is 30.0 Å². The second-order valence-electron chi connectivity index (χ2n) is 4.21. The fourth-order valence-corrected chi connectivity index (χ4v) is 1.90. The van der Waals surface area contributed by atoms with Gasteiger partial charge in [-0.2, -0.15) is 0 Å². The molecule has 19 heavy (non-hydrogen) atoms. The van der Waals surface area contributed by atoms with Gasteiger partial charge in [0.15, 0.2) is 0 Å². The summed E-state index contributed by atoms with van der Waals surface area (Å²) in [4.78, 5) is 11.4. The van der Waals surface area contributed by atoms with E-state index in [1.54, 1.807) is 18.2 Å². The van der Waals surface area contributed by atoms with E-state index < -0.39 is 0 Å². The van der Waals surface area contributed by atoms with Gasteiger partial charge in [-0.25, -0.2) is 0 Å². The molecule has 1 N–H and O–H groups in total. The summed E-state index contributed by atoms with van der Waals surface area (Å²) in [6.45, 7) is 6.12. The molecule has 1 unspecified atom stereocenters. The molecule has 0 saturated heterocycles. The van der Waals surface area contributed by atoms with Crippen molar-refractivity contribution >= 4 is 5.97 Å².